The molecule has 2 atom stereocenters. The van der Waals surface area contributed by atoms with Gasteiger partial charge in [-0.3, -0.25) is 4.90 Å². The predicted octanol–water partition coefficient (Wildman–Crippen LogP) is 4.03. The van der Waals surface area contributed by atoms with Gasteiger partial charge in [-0.1, -0.05) is 0 Å². The van der Waals surface area contributed by atoms with Gasteiger partial charge in [0, 0.05) is 29.5 Å². The van der Waals surface area contributed by atoms with Crippen LogP contribution in [0.1, 0.15) is 44.5 Å². The smallest absolute Gasteiger partial charge is 0.0701 e. The van der Waals surface area contributed by atoms with E-state index in [1.54, 1.807) is 0 Å². The number of hydrogen-bond acceptors (Lipinski definition) is 3. The number of rotatable bonds is 5. The van der Waals surface area contributed by atoms with Crippen molar-refractivity contribution in [2.45, 2.75) is 51.7 Å². The van der Waals surface area contributed by atoms with Crippen LogP contribution >= 0.6 is 27.3 Å². The molecule has 0 bridgehead atoms. The second-order valence-electron chi connectivity index (χ2n) is 5.40. The molecule has 1 aliphatic heterocycles. The van der Waals surface area contributed by atoms with Gasteiger partial charge in [-0.15, -0.1) is 11.3 Å². The first kappa shape index (κ1) is 14.5. The molecule has 0 amide bonds. The quantitative estimate of drug-likeness (QED) is 0.876. The summed E-state index contributed by atoms with van der Waals surface area (Å²) in [4.78, 5) is 4.06. The van der Waals surface area contributed by atoms with Gasteiger partial charge in [-0.2, -0.15) is 0 Å². The summed E-state index contributed by atoms with van der Waals surface area (Å²) in [5, 5.41) is 3.61. The van der Waals surface area contributed by atoms with Crippen LogP contribution in [0.2, 0.25) is 0 Å². The topological polar surface area (TPSA) is 15.3 Å². The second-order valence-corrected chi connectivity index (χ2v) is 7.90. The summed E-state index contributed by atoms with van der Waals surface area (Å²) in [5.74, 6) is 0. The summed E-state index contributed by atoms with van der Waals surface area (Å²) in [6.45, 7) is 9.28. The lowest BCUT2D eigenvalue weighted by molar-refractivity contribution is 0.152. The lowest BCUT2D eigenvalue weighted by atomic mass is 10.1. The molecule has 0 saturated carbocycles. The van der Waals surface area contributed by atoms with Crippen molar-refractivity contribution in [2.24, 2.45) is 0 Å². The number of nitrogens with zero attached hydrogens (tertiary/aromatic N) is 1. The Morgan fingerprint density at radius 1 is 1.44 bits per heavy atom. The van der Waals surface area contributed by atoms with Gasteiger partial charge in [0.15, 0.2) is 0 Å². The van der Waals surface area contributed by atoms with Crippen molar-refractivity contribution in [2.75, 3.05) is 13.1 Å². The van der Waals surface area contributed by atoms with Crippen molar-refractivity contribution in [3.05, 3.63) is 20.8 Å². The zero-order chi connectivity index (χ0) is 13.1. The molecule has 4 heteroatoms. The molecule has 2 rings (SSSR count). The molecule has 0 aliphatic carbocycles. The summed E-state index contributed by atoms with van der Waals surface area (Å²) in [6, 6.07) is 6.17. The molecule has 0 spiro atoms. The van der Waals surface area contributed by atoms with Gasteiger partial charge in [0.1, 0.15) is 0 Å². The summed E-state index contributed by atoms with van der Waals surface area (Å²) in [7, 11) is 0. The molecule has 102 valence electrons. The van der Waals surface area contributed by atoms with E-state index in [-0.39, 0.29) is 0 Å². The predicted molar refractivity (Wildman–Crippen MR) is 83.3 cm³/mol. The minimum Gasteiger partial charge on any atom is -0.313 e. The maximum Gasteiger partial charge on any atom is 0.0701 e. The lowest BCUT2D eigenvalue weighted by Crippen LogP contribution is -2.42. The number of halogens is 1. The number of thiophene rings is 1. The Hall–Kier alpha value is 0.1000. The van der Waals surface area contributed by atoms with E-state index in [9.17, 15) is 0 Å². The highest BCUT2D eigenvalue weighted by Crippen LogP contribution is 2.31. The summed E-state index contributed by atoms with van der Waals surface area (Å²) in [5.41, 5.74) is 0. The molecule has 1 fully saturated rings. The normalized spacial score (nSPS) is 22.0. The Bertz CT molecular complexity index is 372. The highest BCUT2D eigenvalue weighted by molar-refractivity contribution is 9.11. The number of nitrogens with one attached hydrogen (secondary N) is 1. The van der Waals surface area contributed by atoms with E-state index in [0.717, 1.165) is 6.54 Å². The fourth-order valence-corrected chi connectivity index (χ4v) is 4.20. The SMILES string of the molecule is CC(C)N(CC1CCCN1)C(C)c1ccc(Br)s1. The molecule has 1 aliphatic rings. The molecule has 2 unspecified atom stereocenters. The Balaban J connectivity index is 2.04. The van der Waals surface area contributed by atoms with Gasteiger partial charge in [0.05, 0.1) is 3.79 Å². The summed E-state index contributed by atoms with van der Waals surface area (Å²) >= 11 is 5.42. The average Bonchev–Trinajstić information content (AvgIpc) is 2.95. The molecule has 2 heterocycles. The van der Waals surface area contributed by atoms with Crippen LogP contribution in [0.4, 0.5) is 0 Å². The van der Waals surface area contributed by atoms with Gasteiger partial charge in [-0.05, 0) is 68.2 Å². The van der Waals surface area contributed by atoms with Crippen molar-refractivity contribution in [1.29, 1.82) is 0 Å². The van der Waals surface area contributed by atoms with Crippen molar-refractivity contribution >= 4 is 27.3 Å². The van der Waals surface area contributed by atoms with Crippen molar-refractivity contribution in [3.8, 4) is 0 Å². The fourth-order valence-electron chi connectivity index (χ4n) is 2.70. The fraction of sp³-hybridized carbons (Fsp3) is 0.714. The van der Waals surface area contributed by atoms with Gasteiger partial charge in [0.25, 0.3) is 0 Å². The monoisotopic (exact) mass is 330 g/mol. The molecule has 1 saturated heterocycles. The molecule has 2 nitrogen and oxygen atoms in total. The molecular weight excluding hydrogens is 308 g/mol. The third-order valence-corrected chi connectivity index (χ3v) is 5.55. The molecule has 18 heavy (non-hydrogen) atoms. The van der Waals surface area contributed by atoms with E-state index >= 15 is 0 Å². The second kappa shape index (κ2) is 6.51. The largest absolute Gasteiger partial charge is 0.313 e. The molecule has 1 aromatic rings. The van der Waals surface area contributed by atoms with Gasteiger partial charge < -0.3 is 5.32 Å². The van der Waals surface area contributed by atoms with Gasteiger partial charge >= 0.3 is 0 Å². The van der Waals surface area contributed by atoms with E-state index in [1.165, 1.54) is 28.0 Å². The van der Waals surface area contributed by atoms with Crippen molar-refractivity contribution < 1.29 is 0 Å². The highest BCUT2D eigenvalue weighted by Gasteiger charge is 2.24. The summed E-state index contributed by atoms with van der Waals surface area (Å²) in [6.07, 6.45) is 2.65. The first-order valence-electron chi connectivity index (χ1n) is 6.82. The van der Waals surface area contributed by atoms with E-state index in [4.69, 9.17) is 0 Å². The van der Waals surface area contributed by atoms with E-state index in [2.05, 4.69) is 59.1 Å². The molecule has 1 aromatic heterocycles. The van der Waals surface area contributed by atoms with Gasteiger partial charge in [0.2, 0.25) is 0 Å². The number of hydrogen-bond donors (Lipinski definition) is 1. The van der Waals surface area contributed by atoms with Gasteiger partial charge in [-0.25, -0.2) is 0 Å². The van der Waals surface area contributed by atoms with E-state index in [0.29, 0.717) is 18.1 Å². The Kier molecular flexibility index (Phi) is 5.24. The van der Waals surface area contributed by atoms with Crippen LogP contribution in [0, 0.1) is 0 Å². The maximum atomic E-state index is 3.61. The Morgan fingerprint density at radius 2 is 2.22 bits per heavy atom. The zero-order valence-corrected chi connectivity index (χ0v) is 13.9. The van der Waals surface area contributed by atoms with Crippen LogP contribution in [0.5, 0.6) is 0 Å². The molecule has 1 N–H and O–H groups in total. The van der Waals surface area contributed by atoms with Crippen LogP contribution < -0.4 is 5.32 Å². The first-order chi connectivity index (χ1) is 8.58. The highest BCUT2D eigenvalue weighted by atomic mass is 79.9. The van der Waals surface area contributed by atoms with Crippen LogP contribution in [0.3, 0.4) is 0 Å². The minimum absolute atomic E-state index is 0.503. The maximum absolute atomic E-state index is 3.61. The first-order valence-corrected chi connectivity index (χ1v) is 8.43. The molecular formula is C14H23BrN2S. The minimum atomic E-state index is 0.503. The lowest BCUT2D eigenvalue weighted by Gasteiger charge is -2.34. The van der Waals surface area contributed by atoms with E-state index in [1.807, 2.05) is 11.3 Å². The molecule has 0 aromatic carbocycles. The Labute approximate surface area is 123 Å². The van der Waals surface area contributed by atoms with Crippen LogP contribution in [-0.4, -0.2) is 30.1 Å². The third-order valence-electron chi connectivity index (χ3n) is 3.76. The third kappa shape index (κ3) is 3.56. The average molecular weight is 331 g/mol. The van der Waals surface area contributed by atoms with Crippen LogP contribution in [0.15, 0.2) is 15.9 Å². The van der Waals surface area contributed by atoms with Crippen molar-refractivity contribution in [1.82, 2.24) is 10.2 Å². The zero-order valence-electron chi connectivity index (χ0n) is 11.4. The van der Waals surface area contributed by atoms with Crippen LogP contribution in [0.25, 0.3) is 0 Å². The van der Waals surface area contributed by atoms with Crippen LogP contribution in [-0.2, 0) is 0 Å². The summed E-state index contributed by atoms with van der Waals surface area (Å²) < 4.78 is 1.23. The van der Waals surface area contributed by atoms with E-state index < -0.39 is 0 Å². The Morgan fingerprint density at radius 3 is 2.72 bits per heavy atom. The van der Waals surface area contributed by atoms with Crippen molar-refractivity contribution in [3.63, 3.8) is 0 Å². The molecule has 0 radical (unpaired) electrons. The standard InChI is InChI=1S/C14H23BrN2S/c1-10(2)17(9-12-5-4-8-16-12)11(3)13-6-7-14(15)18-13/h6-7,10-12,16H,4-5,8-9H2,1-3H3.